The van der Waals surface area contributed by atoms with Crippen LogP contribution in [0.3, 0.4) is 0 Å². The van der Waals surface area contributed by atoms with Crippen molar-refractivity contribution in [3.63, 3.8) is 0 Å². The third-order valence-corrected chi connectivity index (χ3v) is 18.1. The molecule has 0 aromatic heterocycles. The van der Waals surface area contributed by atoms with E-state index < -0.39 is 21.4 Å². The van der Waals surface area contributed by atoms with Crippen LogP contribution in [0.4, 0.5) is 0 Å². The van der Waals surface area contributed by atoms with Gasteiger partial charge < -0.3 is 0 Å². The molecule has 1 rings (SSSR count). The molecular formula is C22H41InN2. The Labute approximate surface area is 165 Å². The first-order chi connectivity index (χ1) is 12.1. The van der Waals surface area contributed by atoms with E-state index in [1.807, 2.05) is 0 Å². The molecule has 2 nitrogen and oxygen atoms in total. The molecule has 25 heavy (non-hydrogen) atoms. The van der Waals surface area contributed by atoms with Gasteiger partial charge >= 0.3 is 166 Å². The molecule has 0 amide bonds. The molecule has 0 spiro atoms. The van der Waals surface area contributed by atoms with Gasteiger partial charge in [0, 0.05) is 0 Å². The second-order valence-corrected chi connectivity index (χ2v) is 16.7. The summed E-state index contributed by atoms with van der Waals surface area (Å²) in [5, 5.41) is 0. The fourth-order valence-electron chi connectivity index (χ4n) is 4.08. The molecule has 1 aliphatic carbocycles. The molecular weight excluding hydrogens is 407 g/mol. The maximum absolute atomic E-state index is 2.53. The quantitative estimate of drug-likeness (QED) is 0.378. The van der Waals surface area contributed by atoms with Gasteiger partial charge in [0.05, 0.1) is 0 Å². The average Bonchev–Trinajstić information content (AvgIpc) is 2.64. The van der Waals surface area contributed by atoms with Crippen molar-refractivity contribution in [3.8, 4) is 0 Å². The Morgan fingerprint density at radius 2 is 1.40 bits per heavy atom. The van der Waals surface area contributed by atoms with Gasteiger partial charge in [0.2, 0.25) is 0 Å². The molecule has 0 saturated carbocycles. The van der Waals surface area contributed by atoms with Crippen molar-refractivity contribution in [3.05, 3.63) is 35.7 Å². The van der Waals surface area contributed by atoms with E-state index in [1.165, 1.54) is 12.8 Å². The van der Waals surface area contributed by atoms with E-state index in [-0.39, 0.29) is 0 Å². The number of hydrogen-bond acceptors (Lipinski definition) is 2. The van der Waals surface area contributed by atoms with Crippen LogP contribution in [-0.4, -0.2) is 57.4 Å². The van der Waals surface area contributed by atoms with Gasteiger partial charge in [-0.3, -0.25) is 0 Å². The third kappa shape index (κ3) is 7.08. The van der Waals surface area contributed by atoms with Crippen LogP contribution in [0.5, 0.6) is 0 Å². The molecule has 0 heterocycles. The van der Waals surface area contributed by atoms with E-state index in [9.17, 15) is 0 Å². The van der Waals surface area contributed by atoms with E-state index in [1.54, 1.807) is 19.5 Å². The van der Waals surface area contributed by atoms with E-state index >= 15 is 0 Å². The molecule has 3 heteroatoms. The fourth-order valence-corrected chi connectivity index (χ4v) is 15.5. The van der Waals surface area contributed by atoms with E-state index in [4.69, 9.17) is 0 Å². The van der Waals surface area contributed by atoms with Gasteiger partial charge in [-0.1, -0.05) is 0 Å². The third-order valence-electron chi connectivity index (χ3n) is 5.52. The monoisotopic (exact) mass is 448 g/mol. The van der Waals surface area contributed by atoms with Crippen LogP contribution in [0.15, 0.2) is 35.7 Å². The first-order valence-electron chi connectivity index (χ1n) is 10.7. The molecule has 0 N–H and O–H groups in total. The number of hydrogen-bond donors (Lipinski definition) is 0. The molecule has 1 atom stereocenters. The molecule has 0 aliphatic heterocycles. The molecule has 1 unspecified atom stereocenters. The topological polar surface area (TPSA) is 6.48 Å². The van der Waals surface area contributed by atoms with Crippen LogP contribution in [0.25, 0.3) is 0 Å². The summed E-state index contributed by atoms with van der Waals surface area (Å²) in [6.45, 7) is 18.3. The van der Waals surface area contributed by atoms with Crippen molar-refractivity contribution in [2.24, 2.45) is 0 Å². The zero-order valence-electron chi connectivity index (χ0n) is 17.7. The van der Waals surface area contributed by atoms with E-state index in [0.717, 1.165) is 36.3 Å². The van der Waals surface area contributed by atoms with Crippen molar-refractivity contribution in [2.75, 3.05) is 26.2 Å². The Hall–Kier alpha value is -0.310. The van der Waals surface area contributed by atoms with Gasteiger partial charge in [0.1, 0.15) is 0 Å². The summed E-state index contributed by atoms with van der Waals surface area (Å²) < 4.78 is 3.88. The summed E-state index contributed by atoms with van der Waals surface area (Å²) in [6.07, 6.45) is 13.8. The number of rotatable bonds is 11. The Morgan fingerprint density at radius 1 is 0.880 bits per heavy atom. The Kier molecular flexibility index (Phi) is 11.8. The first kappa shape index (κ1) is 22.7. The van der Waals surface area contributed by atoms with Gasteiger partial charge in [-0.05, 0) is 0 Å². The molecule has 1 aliphatic rings. The minimum atomic E-state index is -1.65. The van der Waals surface area contributed by atoms with E-state index in [2.05, 4.69) is 75.9 Å². The van der Waals surface area contributed by atoms with Crippen LogP contribution >= 0.6 is 0 Å². The zero-order chi connectivity index (χ0) is 18.7. The summed E-state index contributed by atoms with van der Waals surface area (Å²) in [5.74, 6) is 0. The predicted molar refractivity (Wildman–Crippen MR) is 115 cm³/mol. The number of nitrogens with zero attached hydrogens (tertiary/aromatic N) is 2. The summed E-state index contributed by atoms with van der Waals surface area (Å²) in [7, 11) is 0. The van der Waals surface area contributed by atoms with Gasteiger partial charge in [-0.25, -0.2) is 0 Å². The summed E-state index contributed by atoms with van der Waals surface area (Å²) in [4.78, 5) is 4.98. The van der Waals surface area contributed by atoms with Crippen molar-refractivity contribution in [2.45, 2.75) is 72.8 Å². The Morgan fingerprint density at radius 3 is 1.88 bits per heavy atom. The molecule has 0 fully saturated rings. The summed E-state index contributed by atoms with van der Waals surface area (Å²) in [6, 6.07) is 0. The number of allylic oxidation sites excluding steroid dienone is 4. The van der Waals surface area contributed by atoms with E-state index in [0.29, 0.717) is 0 Å². The van der Waals surface area contributed by atoms with Gasteiger partial charge in [-0.2, -0.15) is 0 Å². The molecule has 0 bridgehead atoms. The normalized spacial score (nSPS) is 20.3. The van der Waals surface area contributed by atoms with Gasteiger partial charge in [-0.15, -0.1) is 0 Å². The molecule has 0 aromatic carbocycles. The molecule has 0 saturated heterocycles. The molecule has 142 valence electrons. The van der Waals surface area contributed by atoms with Crippen LogP contribution < -0.4 is 0 Å². The fraction of sp³-hybridized carbons (Fsp3) is 0.727. The molecule has 0 aromatic rings. The van der Waals surface area contributed by atoms with Crippen LogP contribution in [0, 0.1) is 0 Å². The zero-order valence-corrected chi connectivity index (χ0v) is 21.0. The van der Waals surface area contributed by atoms with Gasteiger partial charge in [0.15, 0.2) is 0 Å². The van der Waals surface area contributed by atoms with Crippen LogP contribution in [0.2, 0.25) is 12.0 Å². The SMILES string of the molecule is CC[CH2][In]([CH2]CC)[CH]1/C(=C\N(CC)CC)C=CC/C1=C\N(CC)CC. The second-order valence-electron chi connectivity index (χ2n) is 7.20. The Bertz CT molecular complexity index is 439. The second kappa shape index (κ2) is 12.9. The molecule has 0 radical (unpaired) electrons. The van der Waals surface area contributed by atoms with Crippen molar-refractivity contribution in [1.29, 1.82) is 0 Å². The van der Waals surface area contributed by atoms with Crippen molar-refractivity contribution in [1.82, 2.24) is 9.80 Å². The van der Waals surface area contributed by atoms with Crippen LogP contribution in [0.1, 0.15) is 60.8 Å². The first-order valence-corrected chi connectivity index (χ1v) is 17.3. The predicted octanol–water partition coefficient (Wildman–Crippen LogP) is 6.08. The Balaban J connectivity index is 3.29. The maximum atomic E-state index is 2.53. The van der Waals surface area contributed by atoms with Gasteiger partial charge in [0.25, 0.3) is 0 Å². The summed E-state index contributed by atoms with van der Waals surface area (Å²) >= 11 is -1.65. The van der Waals surface area contributed by atoms with Crippen LogP contribution in [-0.2, 0) is 0 Å². The minimum absolute atomic E-state index is 0.799. The van der Waals surface area contributed by atoms with Crippen molar-refractivity contribution >= 4 is 21.4 Å². The standard InChI is InChI=1S/C16H27N2.2C3H7.In/c1-5-17(6-2)13-15-10-9-11-16(12-15)14-18(7-3)8-4;2*1-3-2;/h9-10,12-14H,5-8,11H2,1-4H3;2*1,3H2,2H3;/b15-13-,16-14+;;;. The van der Waals surface area contributed by atoms with Crippen molar-refractivity contribution < 1.29 is 0 Å². The summed E-state index contributed by atoms with van der Waals surface area (Å²) in [5.41, 5.74) is 3.34. The average molecular weight is 448 g/mol.